The lowest BCUT2D eigenvalue weighted by Gasteiger charge is -2.15. The molecule has 0 aromatic carbocycles. The number of aromatic nitrogens is 1. The number of carbonyl (C=O) groups is 1. The molecule has 0 saturated heterocycles. The fraction of sp³-hybridized carbons (Fsp3) is 0.353. The van der Waals surface area contributed by atoms with E-state index in [2.05, 4.69) is 18.0 Å². The highest BCUT2D eigenvalue weighted by Crippen LogP contribution is 2.17. The molecule has 6 heteroatoms. The van der Waals surface area contributed by atoms with Crippen molar-refractivity contribution in [1.29, 1.82) is 0 Å². The number of ether oxygens (including phenoxy) is 1. The van der Waals surface area contributed by atoms with Gasteiger partial charge in [0.15, 0.2) is 0 Å². The van der Waals surface area contributed by atoms with Crippen molar-refractivity contribution in [1.82, 2.24) is 9.47 Å². The van der Waals surface area contributed by atoms with Crippen molar-refractivity contribution in [2.75, 3.05) is 26.0 Å². The first-order valence-corrected chi connectivity index (χ1v) is 7.59. The second kappa shape index (κ2) is 7.58. The van der Waals surface area contributed by atoms with Crippen LogP contribution in [-0.2, 0) is 11.3 Å². The lowest BCUT2D eigenvalue weighted by Crippen LogP contribution is -2.25. The zero-order valence-electron chi connectivity index (χ0n) is 13.7. The van der Waals surface area contributed by atoms with Gasteiger partial charge in [0.2, 0.25) is 0 Å². The maximum atomic E-state index is 12.3. The van der Waals surface area contributed by atoms with Gasteiger partial charge in [0.1, 0.15) is 12.3 Å². The molecule has 0 saturated carbocycles. The quantitative estimate of drug-likeness (QED) is 0.809. The molecule has 0 aliphatic heterocycles. The second-order valence-corrected chi connectivity index (χ2v) is 5.61. The Hall–Kier alpha value is -2.63. The lowest BCUT2D eigenvalue weighted by atomic mass is 10.2. The molecule has 1 amide bonds. The molecule has 0 radical (unpaired) electrons. The van der Waals surface area contributed by atoms with Crippen LogP contribution < -0.4 is 11.1 Å². The van der Waals surface area contributed by atoms with Gasteiger partial charge in [-0.2, -0.15) is 0 Å². The number of amides is 1. The molecule has 2 rings (SSSR count). The summed E-state index contributed by atoms with van der Waals surface area (Å²) in [5.74, 6) is 1.25. The Kier molecular flexibility index (Phi) is 5.51. The van der Waals surface area contributed by atoms with Crippen LogP contribution in [0.5, 0.6) is 0 Å². The minimum Gasteiger partial charge on any atom is -0.496 e. The number of hydrogen-bond donors (Lipinski definition) is 2. The van der Waals surface area contributed by atoms with Crippen LogP contribution >= 0.6 is 0 Å². The molecule has 0 bridgehead atoms. The summed E-state index contributed by atoms with van der Waals surface area (Å²) in [6, 6.07) is 1.77. The number of carbonyl (C=O) groups excluding carboxylic acids is 1. The van der Waals surface area contributed by atoms with Crippen LogP contribution in [0.15, 0.2) is 48.7 Å². The number of anilines is 1. The van der Waals surface area contributed by atoms with Gasteiger partial charge < -0.3 is 25.3 Å². The standard InChI is InChI=1S/C17H24N4O2/c1-13(18)19-14-11-16(17(22)20(2)3)21(12-14)9-10-23-15-7-5-4-6-8-15/h4-5,7,11-12,19H,1,6,8-10,18H2,2-3H3. The van der Waals surface area contributed by atoms with Crippen LogP contribution in [-0.4, -0.2) is 36.1 Å². The minimum absolute atomic E-state index is 0.0690. The predicted molar refractivity (Wildman–Crippen MR) is 91.8 cm³/mol. The van der Waals surface area contributed by atoms with Crippen molar-refractivity contribution in [2.24, 2.45) is 5.73 Å². The Morgan fingerprint density at radius 2 is 2.30 bits per heavy atom. The number of hydrogen-bond acceptors (Lipinski definition) is 4. The fourth-order valence-corrected chi connectivity index (χ4v) is 2.33. The molecular formula is C17H24N4O2. The average Bonchev–Trinajstić information content (AvgIpc) is 2.89. The third-order valence-corrected chi connectivity index (χ3v) is 3.42. The van der Waals surface area contributed by atoms with E-state index in [1.54, 1.807) is 25.1 Å². The summed E-state index contributed by atoms with van der Waals surface area (Å²) in [5, 5.41) is 2.93. The molecule has 1 aliphatic carbocycles. The minimum atomic E-state index is -0.0690. The number of allylic oxidation sites excluding steroid dienone is 4. The first-order chi connectivity index (χ1) is 11.0. The molecule has 0 spiro atoms. The monoisotopic (exact) mass is 316 g/mol. The van der Waals surface area contributed by atoms with Gasteiger partial charge in [-0.1, -0.05) is 18.7 Å². The van der Waals surface area contributed by atoms with Crippen LogP contribution in [0.25, 0.3) is 0 Å². The molecule has 1 aromatic heterocycles. The summed E-state index contributed by atoms with van der Waals surface area (Å²) in [6.45, 7) is 4.70. The Morgan fingerprint density at radius 3 is 2.91 bits per heavy atom. The summed E-state index contributed by atoms with van der Waals surface area (Å²) >= 11 is 0. The molecule has 0 atom stereocenters. The molecule has 3 N–H and O–H groups in total. The highest BCUT2D eigenvalue weighted by Gasteiger charge is 2.16. The van der Waals surface area contributed by atoms with Gasteiger partial charge in [0.25, 0.3) is 5.91 Å². The molecule has 1 aliphatic rings. The van der Waals surface area contributed by atoms with Crippen LogP contribution in [0, 0.1) is 0 Å². The van der Waals surface area contributed by atoms with Crippen molar-refractivity contribution in [3.05, 3.63) is 54.3 Å². The molecule has 6 nitrogen and oxygen atoms in total. The maximum absolute atomic E-state index is 12.3. The summed E-state index contributed by atoms with van der Waals surface area (Å²) in [4.78, 5) is 13.8. The van der Waals surface area contributed by atoms with Crippen molar-refractivity contribution in [3.8, 4) is 0 Å². The Balaban J connectivity index is 2.06. The van der Waals surface area contributed by atoms with E-state index in [1.165, 1.54) is 0 Å². The van der Waals surface area contributed by atoms with E-state index in [0.29, 0.717) is 24.7 Å². The van der Waals surface area contributed by atoms with E-state index < -0.39 is 0 Å². The Morgan fingerprint density at radius 1 is 1.52 bits per heavy atom. The van der Waals surface area contributed by atoms with Gasteiger partial charge in [-0.15, -0.1) is 0 Å². The van der Waals surface area contributed by atoms with E-state index in [9.17, 15) is 4.79 Å². The third kappa shape index (κ3) is 4.67. The highest BCUT2D eigenvalue weighted by atomic mass is 16.5. The number of rotatable bonds is 7. The van der Waals surface area contributed by atoms with E-state index in [1.807, 2.05) is 22.9 Å². The molecule has 1 aromatic rings. The number of nitrogens with two attached hydrogens (primary N) is 1. The van der Waals surface area contributed by atoms with E-state index in [4.69, 9.17) is 10.5 Å². The van der Waals surface area contributed by atoms with Crippen molar-refractivity contribution in [3.63, 3.8) is 0 Å². The van der Waals surface area contributed by atoms with Crippen LogP contribution in [0.2, 0.25) is 0 Å². The van der Waals surface area contributed by atoms with Gasteiger partial charge in [-0.25, -0.2) is 0 Å². The third-order valence-electron chi connectivity index (χ3n) is 3.42. The van der Waals surface area contributed by atoms with Crippen molar-refractivity contribution < 1.29 is 9.53 Å². The fourth-order valence-electron chi connectivity index (χ4n) is 2.33. The molecule has 1 heterocycles. The number of nitrogens with one attached hydrogen (secondary N) is 1. The van der Waals surface area contributed by atoms with E-state index in [-0.39, 0.29) is 5.91 Å². The first-order valence-electron chi connectivity index (χ1n) is 7.59. The van der Waals surface area contributed by atoms with Gasteiger partial charge in [0, 0.05) is 26.7 Å². The summed E-state index contributed by atoms with van der Waals surface area (Å²) in [7, 11) is 3.45. The highest BCUT2D eigenvalue weighted by molar-refractivity contribution is 5.93. The largest absolute Gasteiger partial charge is 0.496 e. The first kappa shape index (κ1) is 16.7. The molecule has 124 valence electrons. The van der Waals surface area contributed by atoms with E-state index >= 15 is 0 Å². The van der Waals surface area contributed by atoms with Crippen LogP contribution in [0.4, 0.5) is 5.69 Å². The van der Waals surface area contributed by atoms with Gasteiger partial charge >= 0.3 is 0 Å². The zero-order chi connectivity index (χ0) is 16.8. The van der Waals surface area contributed by atoms with Gasteiger partial charge in [-0.05, 0) is 18.6 Å². The van der Waals surface area contributed by atoms with Gasteiger partial charge in [0.05, 0.1) is 23.8 Å². The molecular weight excluding hydrogens is 292 g/mol. The maximum Gasteiger partial charge on any atom is 0.270 e. The van der Waals surface area contributed by atoms with E-state index in [0.717, 1.165) is 24.3 Å². The average molecular weight is 316 g/mol. The van der Waals surface area contributed by atoms with Crippen molar-refractivity contribution >= 4 is 11.6 Å². The van der Waals surface area contributed by atoms with Crippen LogP contribution in [0.3, 0.4) is 0 Å². The second-order valence-electron chi connectivity index (χ2n) is 5.61. The summed E-state index contributed by atoms with van der Waals surface area (Å²) in [5.41, 5.74) is 6.89. The van der Waals surface area contributed by atoms with Crippen molar-refractivity contribution in [2.45, 2.75) is 19.4 Å². The topological polar surface area (TPSA) is 72.5 Å². The smallest absolute Gasteiger partial charge is 0.270 e. The molecule has 0 unspecified atom stereocenters. The lowest BCUT2D eigenvalue weighted by molar-refractivity contribution is 0.0815. The Bertz CT molecular complexity index is 641. The molecule has 23 heavy (non-hydrogen) atoms. The summed E-state index contributed by atoms with van der Waals surface area (Å²) in [6.07, 6.45) is 9.87. The SMILES string of the molecule is C=C(N)Nc1cc(C(=O)N(C)C)n(CCOC2=CC=CCC2)c1. The van der Waals surface area contributed by atoms with Crippen LogP contribution in [0.1, 0.15) is 23.3 Å². The number of nitrogens with zero attached hydrogens (tertiary/aromatic N) is 2. The summed E-state index contributed by atoms with van der Waals surface area (Å²) < 4.78 is 7.64. The normalized spacial score (nSPS) is 13.4. The van der Waals surface area contributed by atoms with Gasteiger partial charge in [-0.3, -0.25) is 4.79 Å². The Labute approximate surface area is 136 Å². The molecule has 0 fully saturated rings. The zero-order valence-corrected chi connectivity index (χ0v) is 13.7. The predicted octanol–water partition coefficient (Wildman–Crippen LogP) is 2.28.